The van der Waals surface area contributed by atoms with E-state index in [-0.39, 0.29) is 11.5 Å². The standard InChI is InChI=1S/C20H28N2OSi/c1-24(2,3)13-12-22-11-10-20-16-6-4-5-7-17(16)21-19(20)15(14-23)8-9-18(20)22/h4-8,14,18-19,21H,9-13H2,1-3H3/t18-,19-,20+/m0/s1. The van der Waals surface area contributed by atoms with Crippen LogP contribution >= 0.6 is 0 Å². The molecule has 0 radical (unpaired) electrons. The van der Waals surface area contributed by atoms with Gasteiger partial charge in [-0.1, -0.05) is 43.9 Å². The molecule has 24 heavy (non-hydrogen) atoms. The molecule has 2 heterocycles. The molecule has 1 fully saturated rings. The summed E-state index contributed by atoms with van der Waals surface area (Å²) >= 11 is 0. The largest absolute Gasteiger partial charge is 0.377 e. The van der Waals surface area contributed by atoms with E-state index in [2.05, 4.69) is 60.2 Å². The van der Waals surface area contributed by atoms with Gasteiger partial charge < -0.3 is 5.32 Å². The summed E-state index contributed by atoms with van der Waals surface area (Å²) in [6.45, 7) is 9.74. The van der Waals surface area contributed by atoms with Crippen LogP contribution in [0.2, 0.25) is 25.7 Å². The molecule has 0 saturated carbocycles. The predicted octanol–water partition coefficient (Wildman–Crippen LogP) is 3.66. The first-order valence-corrected chi connectivity index (χ1v) is 12.9. The van der Waals surface area contributed by atoms with E-state index in [9.17, 15) is 4.79 Å². The molecule has 4 rings (SSSR count). The van der Waals surface area contributed by atoms with Crippen molar-refractivity contribution in [3.63, 3.8) is 0 Å². The third-order valence-electron chi connectivity index (χ3n) is 6.29. The van der Waals surface area contributed by atoms with Gasteiger partial charge in [-0.3, -0.25) is 9.69 Å². The highest BCUT2D eigenvalue weighted by atomic mass is 28.3. The number of benzene rings is 1. The quantitative estimate of drug-likeness (QED) is 0.670. The third kappa shape index (κ3) is 2.31. The van der Waals surface area contributed by atoms with E-state index in [1.54, 1.807) is 0 Å². The zero-order valence-corrected chi connectivity index (χ0v) is 16.0. The fourth-order valence-electron chi connectivity index (χ4n) is 5.05. The van der Waals surface area contributed by atoms with Gasteiger partial charge in [0.05, 0.1) is 6.04 Å². The van der Waals surface area contributed by atoms with Gasteiger partial charge >= 0.3 is 0 Å². The predicted molar refractivity (Wildman–Crippen MR) is 102 cm³/mol. The summed E-state index contributed by atoms with van der Waals surface area (Å²) in [5.74, 6) is 0. The Morgan fingerprint density at radius 3 is 2.88 bits per heavy atom. The van der Waals surface area contributed by atoms with Crippen LogP contribution in [0.15, 0.2) is 35.9 Å². The highest BCUT2D eigenvalue weighted by molar-refractivity contribution is 6.76. The van der Waals surface area contributed by atoms with Crippen LogP contribution in [0.25, 0.3) is 0 Å². The molecular weight excluding hydrogens is 312 g/mol. The van der Waals surface area contributed by atoms with Crippen molar-refractivity contribution in [2.24, 2.45) is 0 Å². The van der Waals surface area contributed by atoms with Crippen LogP contribution in [0.4, 0.5) is 5.69 Å². The van der Waals surface area contributed by atoms with Crippen molar-refractivity contribution in [1.82, 2.24) is 4.90 Å². The summed E-state index contributed by atoms with van der Waals surface area (Å²) in [6.07, 6.45) is 5.42. The van der Waals surface area contributed by atoms with Crippen LogP contribution in [-0.2, 0) is 10.2 Å². The first kappa shape index (κ1) is 16.1. The molecule has 4 heteroatoms. The molecule has 1 N–H and O–H groups in total. The van der Waals surface area contributed by atoms with Crippen LogP contribution < -0.4 is 5.32 Å². The minimum Gasteiger partial charge on any atom is -0.377 e. The number of aldehydes is 1. The second-order valence-corrected chi connectivity index (χ2v) is 14.5. The fraction of sp³-hybridized carbons (Fsp3) is 0.550. The van der Waals surface area contributed by atoms with E-state index in [0.29, 0.717) is 6.04 Å². The molecule has 0 aromatic heterocycles. The minimum absolute atomic E-state index is 0.0844. The van der Waals surface area contributed by atoms with Gasteiger partial charge in [-0.15, -0.1) is 0 Å². The molecule has 0 unspecified atom stereocenters. The molecule has 0 bridgehead atoms. The second kappa shape index (κ2) is 5.56. The van der Waals surface area contributed by atoms with Crippen molar-refractivity contribution in [2.45, 2.75) is 56.0 Å². The van der Waals surface area contributed by atoms with E-state index >= 15 is 0 Å². The second-order valence-electron chi connectivity index (χ2n) is 8.83. The number of anilines is 1. The fourth-order valence-corrected chi connectivity index (χ4v) is 6.01. The number of hydrogen-bond donors (Lipinski definition) is 1. The summed E-state index contributed by atoms with van der Waals surface area (Å²) in [5.41, 5.74) is 3.70. The van der Waals surface area contributed by atoms with Crippen LogP contribution in [0.3, 0.4) is 0 Å². The Morgan fingerprint density at radius 1 is 1.33 bits per heavy atom. The van der Waals surface area contributed by atoms with E-state index in [1.807, 2.05) is 0 Å². The Morgan fingerprint density at radius 2 is 2.12 bits per heavy atom. The molecule has 128 valence electrons. The van der Waals surface area contributed by atoms with Crippen molar-refractivity contribution >= 4 is 20.0 Å². The molecule has 3 nitrogen and oxygen atoms in total. The zero-order chi connectivity index (χ0) is 16.9. The summed E-state index contributed by atoms with van der Waals surface area (Å²) in [4.78, 5) is 14.4. The number of fused-ring (bicyclic) bond motifs is 1. The first-order valence-electron chi connectivity index (χ1n) is 9.21. The van der Waals surface area contributed by atoms with Gasteiger partial charge in [-0.25, -0.2) is 0 Å². The van der Waals surface area contributed by atoms with Gasteiger partial charge in [0.1, 0.15) is 6.29 Å². The Labute approximate surface area is 146 Å². The lowest BCUT2D eigenvalue weighted by atomic mass is 9.65. The zero-order valence-electron chi connectivity index (χ0n) is 15.0. The number of para-hydroxylation sites is 1. The van der Waals surface area contributed by atoms with Crippen LogP contribution in [0.1, 0.15) is 18.4 Å². The molecule has 1 saturated heterocycles. The number of rotatable bonds is 4. The van der Waals surface area contributed by atoms with E-state index < -0.39 is 8.07 Å². The molecule has 3 atom stereocenters. The highest BCUT2D eigenvalue weighted by Gasteiger charge is 2.59. The summed E-state index contributed by atoms with van der Waals surface area (Å²) in [6, 6.07) is 10.7. The topological polar surface area (TPSA) is 32.3 Å². The SMILES string of the molecule is C[Si](C)(C)CCN1CC[C@]23c4ccccc4N[C@H]2C(C=O)=CC[C@H]13. The number of nitrogens with one attached hydrogen (secondary N) is 1. The molecule has 0 amide bonds. The lowest BCUT2D eigenvalue weighted by molar-refractivity contribution is -0.105. The Balaban J connectivity index is 1.72. The van der Waals surface area contributed by atoms with Gasteiger partial charge in [0.15, 0.2) is 0 Å². The molecule has 1 aromatic rings. The van der Waals surface area contributed by atoms with Crippen molar-refractivity contribution in [3.05, 3.63) is 41.5 Å². The molecule has 1 aromatic carbocycles. The third-order valence-corrected chi connectivity index (χ3v) is 8.01. The highest BCUT2D eigenvalue weighted by Crippen LogP contribution is 2.55. The van der Waals surface area contributed by atoms with Crippen LogP contribution in [0.5, 0.6) is 0 Å². The normalized spacial score (nSPS) is 31.7. The summed E-state index contributed by atoms with van der Waals surface area (Å²) in [5, 5.41) is 3.67. The Kier molecular flexibility index (Phi) is 3.73. The van der Waals surface area contributed by atoms with Crippen molar-refractivity contribution in [1.29, 1.82) is 0 Å². The molecular formula is C20H28N2OSi. The number of carbonyl (C=O) groups excluding carboxylic acids is 1. The van der Waals surface area contributed by atoms with Gasteiger partial charge in [0.25, 0.3) is 0 Å². The molecule has 2 aliphatic heterocycles. The van der Waals surface area contributed by atoms with Crippen molar-refractivity contribution in [3.8, 4) is 0 Å². The maximum absolute atomic E-state index is 11.7. The van der Waals surface area contributed by atoms with Crippen molar-refractivity contribution < 1.29 is 4.79 Å². The smallest absolute Gasteiger partial charge is 0.147 e. The number of hydrogen-bond acceptors (Lipinski definition) is 3. The van der Waals surface area contributed by atoms with Crippen molar-refractivity contribution in [2.75, 3.05) is 18.4 Å². The summed E-state index contributed by atoms with van der Waals surface area (Å²) in [7, 11) is -1.04. The summed E-state index contributed by atoms with van der Waals surface area (Å²) < 4.78 is 0. The molecule has 1 aliphatic carbocycles. The van der Waals surface area contributed by atoms with E-state index in [4.69, 9.17) is 0 Å². The first-order chi connectivity index (χ1) is 11.5. The molecule has 1 spiro atoms. The van der Waals surface area contributed by atoms with Gasteiger partial charge in [0.2, 0.25) is 0 Å². The number of carbonyl (C=O) groups is 1. The minimum atomic E-state index is -1.04. The average Bonchev–Trinajstić information content (AvgIpc) is 3.09. The van der Waals surface area contributed by atoms with Crippen LogP contribution in [0, 0.1) is 0 Å². The number of nitrogens with zero attached hydrogens (tertiary/aromatic N) is 1. The van der Waals surface area contributed by atoms with Gasteiger partial charge in [-0.2, -0.15) is 0 Å². The molecule has 3 aliphatic rings. The van der Waals surface area contributed by atoms with Gasteiger partial charge in [-0.05, 0) is 43.6 Å². The lowest BCUT2D eigenvalue weighted by Crippen LogP contribution is -2.53. The number of likely N-dealkylation sites (tertiary alicyclic amines) is 1. The monoisotopic (exact) mass is 340 g/mol. The maximum atomic E-state index is 11.7. The maximum Gasteiger partial charge on any atom is 0.147 e. The van der Waals surface area contributed by atoms with Crippen LogP contribution in [-0.4, -0.2) is 44.4 Å². The van der Waals surface area contributed by atoms with Gasteiger partial charge in [0, 0.05) is 30.8 Å². The Bertz CT molecular complexity index is 693. The Hall–Kier alpha value is -1.39. The average molecular weight is 341 g/mol. The lowest BCUT2D eigenvalue weighted by Gasteiger charge is -2.43. The van der Waals surface area contributed by atoms with E-state index in [0.717, 1.165) is 31.2 Å². The van der Waals surface area contributed by atoms with E-state index in [1.165, 1.54) is 23.8 Å².